The van der Waals surface area contributed by atoms with Crippen LogP contribution in [0.25, 0.3) is 11.3 Å². The van der Waals surface area contributed by atoms with Crippen LogP contribution in [0.15, 0.2) is 18.2 Å². The van der Waals surface area contributed by atoms with E-state index >= 15 is 0 Å². The van der Waals surface area contributed by atoms with Gasteiger partial charge in [0.05, 0.1) is 29.3 Å². The number of hydrogen-bond donors (Lipinski definition) is 0. The number of nitrogens with zero attached hydrogens (tertiary/aromatic N) is 4. The lowest BCUT2D eigenvalue weighted by atomic mass is 9.72. The molecule has 0 atom stereocenters. The molecule has 1 amide bonds. The molecular weight excluding hydrogens is 433 g/mol. The predicted octanol–water partition coefficient (Wildman–Crippen LogP) is 5.09. The number of carbonyl (C=O) groups excluding carboxylic acids is 1. The molecule has 0 saturated heterocycles. The zero-order valence-corrected chi connectivity index (χ0v) is 17.9. The summed E-state index contributed by atoms with van der Waals surface area (Å²) in [7, 11) is 0. The normalized spacial score (nSPS) is 18.8. The Morgan fingerprint density at radius 2 is 2.00 bits per heavy atom. The second-order valence-electron chi connectivity index (χ2n) is 9.09. The van der Waals surface area contributed by atoms with Gasteiger partial charge >= 0.3 is 6.09 Å². The number of carbonyl (C=O) groups is 1. The fraction of sp³-hybridized carbons (Fsp3) is 0.476. The molecule has 6 nitrogen and oxygen atoms in total. The van der Waals surface area contributed by atoms with Gasteiger partial charge < -0.3 is 4.74 Å². The number of hydrogen-bond acceptors (Lipinski definition) is 4. The molecule has 2 heterocycles. The van der Waals surface area contributed by atoms with Gasteiger partial charge in [-0.25, -0.2) is 18.0 Å². The van der Waals surface area contributed by atoms with Crippen molar-refractivity contribution in [2.45, 2.75) is 57.2 Å². The molecule has 1 aromatic carbocycles. The van der Waals surface area contributed by atoms with Gasteiger partial charge in [0.1, 0.15) is 28.7 Å². The van der Waals surface area contributed by atoms with Crippen molar-refractivity contribution in [2.75, 3.05) is 6.54 Å². The Morgan fingerprint density at radius 3 is 2.55 bits per heavy atom. The summed E-state index contributed by atoms with van der Waals surface area (Å²) < 4.78 is 48.4. The molecule has 10 heteroatoms. The van der Waals surface area contributed by atoms with Crippen LogP contribution in [0.1, 0.15) is 44.9 Å². The highest BCUT2D eigenvalue weighted by molar-refractivity contribution is 6.31. The molecule has 0 bridgehead atoms. The van der Waals surface area contributed by atoms with Crippen LogP contribution in [0.4, 0.5) is 18.0 Å². The summed E-state index contributed by atoms with van der Waals surface area (Å²) >= 11 is 5.88. The SMILES string of the molecule is CC(C)(C)OC(=O)N1Cc2c(C#N)c(-c3ccc(F)c(Cl)c3)nn2C2(C1)CC(F)(F)C2. The first-order chi connectivity index (χ1) is 14.3. The van der Waals surface area contributed by atoms with E-state index in [1.54, 1.807) is 20.8 Å². The van der Waals surface area contributed by atoms with E-state index in [4.69, 9.17) is 16.3 Å². The summed E-state index contributed by atoms with van der Waals surface area (Å²) in [6.07, 6.45) is -1.67. The number of fused-ring (bicyclic) bond motifs is 2. The third-order valence-corrected chi connectivity index (χ3v) is 5.68. The quantitative estimate of drug-likeness (QED) is 0.604. The Bertz CT molecular complexity index is 1110. The molecule has 2 aliphatic rings. The smallest absolute Gasteiger partial charge is 0.410 e. The van der Waals surface area contributed by atoms with Crippen LogP contribution in [0, 0.1) is 17.1 Å². The van der Waals surface area contributed by atoms with E-state index in [-0.39, 0.29) is 29.4 Å². The predicted molar refractivity (Wildman–Crippen MR) is 106 cm³/mol. The van der Waals surface area contributed by atoms with E-state index in [0.717, 1.165) is 6.07 Å². The lowest BCUT2D eigenvalue weighted by Crippen LogP contribution is -2.63. The highest BCUT2D eigenvalue weighted by atomic mass is 35.5. The Hall–Kier alpha value is -2.73. The molecule has 1 aliphatic carbocycles. The minimum absolute atomic E-state index is 0.0132. The molecular formula is C21H20ClF3N4O2. The van der Waals surface area contributed by atoms with Crippen molar-refractivity contribution < 1.29 is 22.7 Å². The van der Waals surface area contributed by atoms with Crippen molar-refractivity contribution >= 4 is 17.7 Å². The summed E-state index contributed by atoms with van der Waals surface area (Å²) in [5.74, 6) is -3.52. The van der Waals surface area contributed by atoms with E-state index in [2.05, 4.69) is 11.2 Å². The second kappa shape index (κ2) is 6.89. The number of halogens is 4. The van der Waals surface area contributed by atoms with Crippen molar-refractivity contribution in [1.82, 2.24) is 14.7 Å². The van der Waals surface area contributed by atoms with Gasteiger partial charge in [0.2, 0.25) is 0 Å². The molecule has 1 aromatic heterocycles. The molecule has 0 radical (unpaired) electrons. The van der Waals surface area contributed by atoms with E-state index < -0.39 is 41.8 Å². The van der Waals surface area contributed by atoms with Gasteiger partial charge in [-0.2, -0.15) is 10.4 Å². The van der Waals surface area contributed by atoms with Gasteiger partial charge in [0.15, 0.2) is 0 Å². The standard InChI is InChI=1S/C21H20ClF3N4O2/c1-19(2,3)31-18(30)28-8-16-13(7-26)17(12-4-5-15(23)14(22)6-12)27-29(16)20(11-28)9-21(24,25)10-20/h4-6H,8-11H2,1-3H3. The first kappa shape index (κ1) is 21.5. The van der Waals surface area contributed by atoms with Crippen molar-refractivity contribution in [2.24, 2.45) is 0 Å². The van der Waals surface area contributed by atoms with E-state index in [1.165, 1.54) is 21.7 Å². The largest absolute Gasteiger partial charge is 0.444 e. The van der Waals surface area contributed by atoms with Crippen LogP contribution >= 0.6 is 11.6 Å². The molecule has 31 heavy (non-hydrogen) atoms. The number of alkyl halides is 2. The van der Waals surface area contributed by atoms with Crippen molar-refractivity contribution in [1.29, 1.82) is 5.26 Å². The van der Waals surface area contributed by atoms with Crippen LogP contribution in [0.3, 0.4) is 0 Å². The molecule has 0 unspecified atom stereocenters. The Kier molecular flexibility index (Phi) is 4.78. The van der Waals surface area contributed by atoms with Gasteiger partial charge in [-0.15, -0.1) is 0 Å². The van der Waals surface area contributed by atoms with Gasteiger partial charge in [-0.05, 0) is 39.0 Å². The van der Waals surface area contributed by atoms with Gasteiger partial charge in [-0.1, -0.05) is 11.6 Å². The fourth-order valence-corrected chi connectivity index (χ4v) is 4.42. The Morgan fingerprint density at radius 1 is 1.32 bits per heavy atom. The number of amides is 1. The highest BCUT2D eigenvalue weighted by Gasteiger charge is 2.61. The van der Waals surface area contributed by atoms with E-state index in [1.807, 2.05) is 0 Å². The Labute approximate surface area is 182 Å². The number of nitriles is 1. The molecule has 1 spiro atoms. The average molecular weight is 453 g/mol. The maximum Gasteiger partial charge on any atom is 0.410 e. The number of ether oxygens (including phenoxy) is 1. The van der Waals surface area contributed by atoms with Gasteiger partial charge in [0, 0.05) is 18.4 Å². The lowest BCUT2D eigenvalue weighted by Gasteiger charge is -2.52. The zero-order valence-electron chi connectivity index (χ0n) is 17.2. The number of benzene rings is 1. The third-order valence-electron chi connectivity index (χ3n) is 5.39. The second-order valence-corrected chi connectivity index (χ2v) is 9.50. The first-order valence-electron chi connectivity index (χ1n) is 9.68. The zero-order chi connectivity index (χ0) is 22.8. The maximum absolute atomic E-state index is 14.0. The Balaban J connectivity index is 1.81. The summed E-state index contributed by atoms with van der Waals surface area (Å²) in [4.78, 5) is 14.0. The molecule has 1 saturated carbocycles. The van der Waals surface area contributed by atoms with Crippen LogP contribution < -0.4 is 0 Å². The minimum atomic E-state index is -2.90. The molecule has 2 aromatic rings. The van der Waals surface area contributed by atoms with Crippen LogP contribution in [-0.2, 0) is 16.8 Å². The molecule has 164 valence electrons. The molecule has 1 fully saturated rings. The van der Waals surface area contributed by atoms with Crippen molar-refractivity contribution in [3.63, 3.8) is 0 Å². The summed E-state index contributed by atoms with van der Waals surface area (Å²) in [5, 5.41) is 14.2. The van der Waals surface area contributed by atoms with Crippen LogP contribution in [-0.4, -0.2) is 38.8 Å². The first-order valence-corrected chi connectivity index (χ1v) is 10.1. The van der Waals surface area contributed by atoms with Gasteiger partial charge in [0.25, 0.3) is 5.92 Å². The molecule has 0 N–H and O–H groups in total. The summed E-state index contributed by atoms with van der Waals surface area (Å²) in [6.45, 7) is 5.10. The fourth-order valence-electron chi connectivity index (χ4n) is 4.24. The third kappa shape index (κ3) is 3.74. The van der Waals surface area contributed by atoms with E-state index in [0.29, 0.717) is 11.3 Å². The van der Waals surface area contributed by atoms with Crippen molar-refractivity contribution in [3.8, 4) is 17.3 Å². The monoisotopic (exact) mass is 452 g/mol. The number of aromatic nitrogens is 2. The highest BCUT2D eigenvalue weighted by Crippen LogP contribution is 2.53. The minimum Gasteiger partial charge on any atom is -0.444 e. The summed E-state index contributed by atoms with van der Waals surface area (Å²) in [5.41, 5.74) is -0.854. The van der Waals surface area contributed by atoms with Gasteiger partial charge in [-0.3, -0.25) is 9.58 Å². The van der Waals surface area contributed by atoms with Crippen LogP contribution in [0.5, 0.6) is 0 Å². The number of rotatable bonds is 1. The lowest BCUT2D eigenvalue weighted by molar-refractivity contribution is -0.170. The average Bonchev–Trinajstić information content (AvgIpc) is 3.00. The van der Waals surface area contributed by atoms with Crippen LogP contribution in [0.2, 0.25) is 5.02 Å². The van der Waals surface area contributed by atoms with E-state index in [9.17, 15) is 23.2 Å². The topological polar surface area (TPSA) is 71.2 Å². The maximum atomic E-state index is 14.0. The molecule has 4 rings (SSSR count). The summed E-state index contributed by atoms with van der Waals surface area (Å²) in [6, 6.07) is 5.97. The van der Waals surface area contributed by atoms with Crippen molar-refractivity contribution in [3.05, 3.63) is 40.3 Å². The molecule has 1 aliphatic heterocycles.